The molecule has 11 heteroatoms. The van der Waals surface area contributed by atoms with Gasteiger partial charge in [0.1, 0.15) is 17.4 Å². The fourth-order valence-corrected chi connectivity index (χ4v) is 7.51. The lowest BCUT2D eigenvalue weighted by molar-refractivity contribution is -0.151. The van der Waals surface area contributed by atoms with Crippen molar-refractivity contribution in [3.63, 3.8) is 0 Å². The first-order valence-corrected chi connectivity index (χ1v) is 15.9. The van der Waals surface area contributed by atoms with Crippen LogP contribution in [0.5, 0.6) is 5.75 Å². The lowest BCUT2D eigenvalue weighted by Crippen LogP contribution is -2.59. The first-order valence-electron chi connectivity index (χ1n) is 15.9. The van der Waals surface area contributed by atoms with Crippen molar-refractivity contribution in [1.29, 1.82) is 0 Å². The van der Waals surface area contributed by atoms with Crippen LogP contribution in [-0.4, -0.2) is 127 Å². The standard InChI is InChI=1S/C33H44N4O7/c1-4-43-24-10-8-23(9-11-24)36-14-5-7-26-27(30(36)39)28-31(40)37(25(21-38)22(2)3)29-32(41)35(13-6-12-33(28,29)44-26)16-15-34-17-19-42-20-18-34/h5-12,22,25-29,38H,4,13-21H2,1-3H3/t25-,26-,27+,28-,29?,33-/m0/s1. The Morgan fingerprint density at radius 1 is 1.00 bits per heavy atom. The molecule has 3 amide bonds. The molecule has 11 nitrogen and oxygen atoms in total. The predicted molar refractivity (Wildman–Crippen MR) is 163 cm³/mol. The molecule has 1 spiro atoms. The van der Waals surface area contributed by atoms with Gasteiger partial charge in [0.15, 0.2) is 0 Å². The van der Waals surface area contributed by atoms with E-state index in [4.69, 9.17) is 14.2 Å². The summed E-state index contributed by atoms with van der Waals surface area (Å²) in [6.07, 6.45) is 6.87. The van der Waals surface area contributed by atoms with Gasteiger partial charge in [-0.3, -0.25) is 19.3 Å². The Kier molecular flexibility index (Phi) is 8.83. The molecule has 0 bridgehead atoms. The van der Waals surface area contributed by atoms with Crippen molar-refractivity contribution in [3.8, 4) is 5.75 Å². The van der Waals surface area contributed by atoms with E-state index in [0.717, 1.165) is 13.1 Å². The number of benzene rings is 1. The van der Waals surface area contributed by atoms with Crippen LogP contribution in [0.3, 0.4) is 0 Å². The fourth-order valence-electron chi connectivity index (χ4n) is 7.51. The van der Waals surface area contributed by atoms with Gasteiger partial charge in [0.05, 0.1) is 50.4 Å². The van der Waals surface area contributed by atoms with Gasteiger partial charge in [0.2, 0.25) is 17.7 Å². The molecule has 238 valence electrons. The van der Waals surface area contributed by atoms with Crippen LogP contribution in [-0.2, 0) is 23.9 Å². The lowest BCUT2D eigenvalue weighted by atomic mass is 9.77. The van der Waals surface area contributed by atoms with Crippen molar-refractivity contribution in [1.82, 2.24) is 14.7 Å². The van der Waals surface area contributed by atoms with Gasteiger partial charge in [-0.2, -0.15) is 0 Å². The summed E-state index contributed by atoms with van der Waals surface area (Å²) in [5, 5.41) is 10.5. The van der Waals surface area contributed by atoms with E-state index in [1.54, 1.807) is 14.7 Å². The van der Waals surface area contributed by atoms with Crippen LogP contribution in [0, 0.1) is 17.8 Å². The molecule has 6 rings (SSSR count). The van der Waals surface area contributed by atoms with Crippen molar-refractivity contribution in [2.24, 2.45) is 17.8 Å². The molecule has 5 aliphatic heterocycles. The number of rotatable bonds is 9. The smallest absolute Gasteiger partial charge is 0.249 e. The molecule has 44 heavy (non-hydrogen) atoms. The summed E-state index contributed by atoms with van der Waals surface area (Å²) in [5.74, 6) is -1.91. The van der Waals surface area contributed by atoms with Crippen LogP contribution in [0.15, 0.2) is 48.6 Å². The lowest BCUT2D eigenvalue weighted by Gasteiger charge is -2.40. The molecule has 0 aromatic heterocycles. The zero-order chi connectivity index (χ0) is 31.0. The van der Waals surface area contributed by atoms with Crippen LogP contribution < -0.4 is 9.64 Å². The van der Waals surface area contributed by atoms with Gasteiger partial charge >= 0.3 is 0 Å². The number of carbonyl (C=O) groups excluding carboxylic acids is 3. The zero-order valence-electron chi connectivity index (χ0n) is 25.8. The number of aliphatic hydroxyl groups excluding tert-OH is 1. The van der Waals surface area contributed by atoms with E-state index in [1.807, 2.05) is 69.3 Å². The highest BCUT2D eigenvalue weighted by atomic mass is 16.5. The van der Waals surface area contributed by atoms with E-state index in [1.165, 1.54) is 0 Å². The molecule has 1 aromatic carbocycles. The highest BCUT2D eigenvalue weighted by Gasteiger charge is 2.72. The Hall–Kier alpha value is -3.25. The SMILES string of the molecule is CCOc1ccc(N2CC=C[C@@H]3O[C@]45C=CCN(CCN6CCOCC6)C(=O)C4N([C@@H](CO)C(C)C)C(=O)[C@@H]5[C@@H]3C2=O)cc1. The van der Waals surface area contributed by atoms with E-state index >= 15 is 0 Å². The fraction of sp³-hybridized carbons (Fsp3) is 0.606. The highest BCUT2D eigenvalue weighted by Crippen LogP contribution is 2.54. The molecule has 1 unspecified atom stereocenters. The number of carbonyl (C=O) groups is 3. The van der Waals surface area contributed by atoms with Gasteiger partial charge < -0.3 is 34.0 Å². The van der Waals surface area contributed by atoms with E-state index in [0.29, 0.717) is 57.4 Å². The number of nitrogens with zero attached hydrogens (tertiary/aromatic N) is 4. The van der Waals surface area contributed by atoms with Crippen LogP contribution in [0.4, 0.5) is 5.69 Å². The molecule has 0 aliphatic carbocycles. The Bertz CT molecular complexity index is 1290. The van der Waals surface area contributed by atoms with Gasteiger partial charge in [0, 0.05) is 45.0 Å². The average Bonchev–Trinajstić information content (AvgIpc) is 3.34. The number of fused-ring (bicyclic) bond motifs is 2. The normalized spacial score (nSPS) is 31.2. The van der Waals surface area contributed by atoms with Crippen LogP contribution >= 0.6 is 0 Å². The van der Waals surface area contributed by atoms with Crippen molar-refractivity contribution < 1.29 is 33.7 Å². The molecule has 0 saturated carbocycles. The largest absolute Gasteiger partial charge is 0.494 e. The Morgan fingerprint density at radius 3 is 2.43 bits per heavy atom. The van der Waals surface area contributed by atoms with Crippen molar-refractivity contribution in [2.45, 2.75) is 44.6 Å². The van der Waals surface area contributed by atoms with Crippen LogP contribution in [0.2, 0.25) is 0 Å². The average molecular weight is 609 g/mol. The topological polar surface area (TPSA) is 112 Å². The summed E-state index contributed by atoms with van der Waals surface area (Å²) < 4.78 is 17.8. The number of likely N-dealkylation sites (tertiary alicyclic amines) is 1. The van der Waals surface area contributed by atoms with Crippen molar-refractivity contribution in [2.75, 3.05) is 70.6 Å². The number of aliphatic hydroxyl groups is 1. The number of anilines is 1. The first-order chi connectivity index (χ1) is 21.3. The van der Waals surface area contributed by atoms with Crippen LogP contribution in [0.25, 0.3) is 0 Å². The molecule has 3 fully saturated rings. The number of morpholine rings is 1. The summed E-state index contributed by atoms with van der Waals surface area (Å²) in [4.78, 5) is 50.8. The van der Waals surface area contributed by atoms with E-state index in [-0.39, 0.29) is 30.2 Å². The summed E-state index contributed by atoms with van der Waals surface area (Å²) in [5.41, 5.74) is -0.637. The van der Waals surface area contributed by atoms with E-state index in [2.05, 4.69) is 4.90 Å². The summed E-state index contributed by atoms with van der Waals surface area (Å²) in [7, 11) is 0. The van der Waals surface area contributed by atoms with Gasteiger partial charge in [0.25, 0.3) is 0 Å². The summed E-state index contributed by atoms with van der Waals surface area (Å²) in [6.45, 7) is 10.9. The third-order valence-electron chi connectivity index (χ3n) is 9.74. The third kappa shape index (κ3) is 5.23. The predicted octanol–water partition coefficient (Wildman–Crippen LogP) is 1.32. The summed E-state index contributed by atoms with van der Waals surface area (Å²) in [6, 6.07) is 5.75. The second-order valence-electron chi connectivity index (χ2n) is 12.5. The van der Waals surface area contributed by atoms with Crippen LogP contribution in [0.1, 0.15) is 20.8 Å². The molecule has 0 radical (unpaired) electrons. The minimum absolute atomic E-state index is 0.123. The summed E-state index contributed by atoms with van der Waals surface area (Å²) >= 11 is 0. The number of amides is 3. The monoisotopic (exact) mass is 608 g/mol. The maximum absolute atomic E-state index is 14.6. The first kappa shape index (κ1) is 30.8. The highest BCUT2D eigenvalue weighted by molar-refractivity contribution is 6.04. The van der Waals surface area contributed by atoms with Gasteiger partial charge in [-0.25, -0.2) is 0 Å². The molecule has 1 aromatic rings. The Balaban J connectivity index is 1.35. The van der Waals surface area contributed by atoms with E-state index < -0.39 is 35.6 Å². The Morgan fingerprint density at radius 2 is 1.75 bits per heavy atom. The third-order valence-corrected chi connectivity index (χ3v) is 9.74. The number of hydrogen-bond donors (Lipinski definition) is 1. The number of hydrogen-bond acceptors (Lipinski definition) is 8. The van der Waals surface area contributed by atoms with Gasteiger partial charge in [-0.05, 0) is 37.1 Å². The Labute approximate surface area is 259 Å². The quantitative estimate of drug-likeness (QED) is 0.418. The van der Waals surface area contributed by atoms with E-state index in [9.17, 15) is 19.5 Å². The minimum atomic E-state index is -1.33. The van der Waals surface area contributed by atoms with Crippen molar-refractivity contribution >= 4 is 23.4 Å². The molecule has 1 N–H and O–H groups in total. The molecule has 5 heterocycles. The zero-order valence-corrected chi connectivity index (χ0v) is 25.8. The minimum Gasteiger partial charge on any atom is -0.494 e. The second kappa shape index (κ2) is 12.6. The molecular weight excluding hydrogens is 564 g/mol. The molecule has 3 saturated heterocycles. The van der Waals surface area contributed by atoms with Gasteiger partial charge in [-0.1, -0.05) is 38.2 Å². The maximum Gasteiger partial charge on any atom is 0.249 e. The molecule has 6 atom stereocenters. The number of ether oxygens (including phenoxy) is 3. The molecular formula is C33H44N4O7. The molecule has 5 aliphatic rings. The van der Waals surface area contributed by atoms with Gasteiger partial charge in [-0.15, -0.1) is 0 Å². The second-order valence-corrected chi connectivity index (χ2v) is 12.5. The maximum atomic E-state index is 14.6. The van der Waals surface area contributed by atoms with Crippen molar-refractivity contribution in [3.05, 3.63) is 48.6 Å².